The van der Waals surface area contributed by atoms with Gasteiger partial charge in [-0.1, -0.05) is 23.5 Å². The van der Waals surface area contributed by atoms with Crippen LogP contribution in [-0.2, 0) is 6.54 Å². The molecule has 16 heavy (non-hydrogen) atoms. The third-order valence-electron chi connectivity index (χ3n) is 2.11. The molecule has 1 aromatic carbocycles. The van der Waals surface area contributed by atoms with Crippen molar-refractivity contribution < 1.29 is 4.74 Å². The second-order valence-corrected chi connectivity index (χ2v) is 4.33. The second-order valence-electron chi connectivity index (χ2n) is 3.26. The van der Waals surface area contributed by atoms with Crippen molar-refractivity contribution in [1.29, 1.82) is 0 Å². The summed E-state index contributed by atoms with van der Waals surface area (Å²) < 4.78 is 5.17. The van der Waals surface area contributed by atoms with Crippen LogP contribution in [0.15, 0.2) is 24.3 Å². The lowest BCUT2D eigenvalue weighted by Gasteiger charge is -2.00. The molecule has 0 saturated heterocycles. The van der Waals surface area contributed by atoms with E-state index in [2.05, 4.69) is 15.5 Å². The van der Waals surface area contributed by atoms with Crippen LogP contribution in [-0.4, -0.2) is 24.4 Å². The Labute approximate surface area is 98.3 Å². The molecule has 0 fully saturated rings. The predicted octanol–water partition coefficient (Wildman–Crippen LogP) is 1.93. The summed E-state index contributed by atoms with van der Waals surface area (Å²) in [6.45, 7) is 0.752. The van der Waals surface area contributed by atoms with E-state index in [1.54, 1.807) is 18.4 Å². The maximum absolute atomic E-state index is 5.17. The molecule has 1 N–H and O–H groups in total. The number of nitrogens with one attached hydrogen (secondary N) is 1. The van der Waals surface area contributed by atoms with E-state index in [1.807, 2.05) is 31.3 Å². The summed E-state index contributed by atoms with van der Waals surface area (Å²) in [4.78, 5) is 0. The third kappa shape index (κ3) is 2.37. The molecular formula is C11H13N3OS. The Kier molecular flexibility index (Phi) is 3.48. The molecule has 2 rings (SSSR count). The van der Waals surface area contributed by atoms with Crippen molar-refractivity contribution in [1.82, 2.24) is 15.5 Å². The molecule has 0 unspecified atom stereocenters. The fourth-order valence-corrected chi connectivity index (χ4v) is 2.20. The van der Waals surface area contributed by atoms with E-state index in [9.17, 15) is 0 Å². The van der Waals surface area contributed by atoms with E-state index >= 15 is 0 Å². The number of rotatable bonds is 4. The van der Waals surface area contributed by atoms with Crippen molar-refractivity contribution in [3.05, 3.63) is 29.3 Å². The summed E-state index contributed by atoms with van der Waals surface area (Å²) in [6.07, 6.45) is 0. The molecule has 0 amide bonds. The highest BCUT2D eigenvalue weighted by molar-refractivity contribution is 7.14. The third-order valence-corrected chi connectivity index (χ3v) is 3.08. The number of methoxy groups -OCH3 is 1. The first-order valence-electron chi connectivity index (χ1n) is 4.95. The molecule has 0 bridgehead atoms. The quantitative estimate of drug-likeness (QED) is 0.879. The normalized spacial score (nSPS) is 10.4. The van der Waals surface area contributed by atoms with Crippen LogP contribution in [0.3, 0.4) is 0 Å². The maximum Gasteiger partial charge on any atom is 0.147 e. The van der Waals surface area contributed by atoms with Gasteiger partial charge in [-0.05, 0) is 19.2 Å². The zero-order valence-corrected chi connectivity index (χ0v) is 10.0. The number of benzene rings is 1. The number of ether oxygens (including phenoxy) is 1. The Morgan fingerprint density at radius 1 is 1.38 bits per heavy atom. The van der Waals surface area contributed by atoms with Gasteiger partial charge >= 0.3 is 0 Å². The van der Waals surface area contributed by atoms with Gasteiger partial charge in [0, 0.05) is 12.1 Å². The van der Waals surface area contributed by atoms with Crippen molar-refractivity contribution in [3.63, 3.8) is 0 Å². The average Bonchev–Trinajstić information content (AvgIpc) is 2.78. The standard InChI is InChI=1S/C11H13N3OS/c1-12-7-10-13-14-11(16-10)8-4-3-5-9(6-8)15-2/h3-6,12H,7H2,1-2H3. The number of aromatic nitrogens is 2. The highest BCUT2D eigenvalue weighted by Crippen LogP contribution is 2.26. The fourth-order valence-electron chi connectivity index (χ4n) is 1.35. The Morgan fingerprint density at radius 2 is 2.25 bits per heavy atom. The molecule has 0 atom stereocenters. The first-order valence-corrected chi connectivity index (χ1v) is 5.76. The van der Waals surface area contributed by atoms with Crippen LogP contribution in [0.2, 0.25) is 0 Å². The van der Waals surface area contributed by atoms with Crippen molar-refractivity contribution in [2.75, 3.05) is 14.2 Å². The largest absolute Gasteiger partial charge is 0.497 e. The van der Waals surface area contributed by atoms with Crippen molar-refractivity contribution in [2.45, 2.75) is 6.54 Å². The summed E-state index contributed by atoms with van der Waals surface area (Å²) in [6, 6.07) is 7.84. The van der Waals surface area contributed by atoms with E-state index in [-0.39, 0.29) is 0 Å². The Morgan fingerprint density at radius 3 is 3.00 bits per heavy atom. The zero-order chi connectivity index (χ0) is 11.4. The molecule has 1 heterocycles. The van der Waals surface area contributed by atoms with Crippen LogP contribution in [0.4, 0.5) is 0 Å². The molecule has 0 radical (unpaired) electrons. The molecule has 0 spiro atoms. The minimum Gasteiger partial charge on any atom is -0.497 e. The molecule has 5 heteroatoms. The van der Waals surface area contributed by atoms with Gasteiger partial charge in [0.25, 0.3) is 0 Å². The van der Waals surface area contributed by atoms with Gasteiger partial charge in [0.05, 0.1) is 7.11 Å². The molecule has 1 aromatic heterocycles. The number of hydrogen-bond donors (Lipinski definition) is 1. The molecule has 0 aliphatic rings. The second kappa shape index (κ2) is 5.05. The van der Waals surface area contributed by atoms with E-state index in [0.29, 0.717) is 0 Å². The molecule has 0 aliphatic heterocycles. The van der Waals surface area contributed by atoms with Crippen molar-refractivity contribution in [3.8, 4) is 16.3 Å². The van der Waals surface area contributed by atoms with E-state index in [4.69, 9.17) is 4.74 Å². The number of nitrogens with zero attached hydrogens (tertiary/aromatic N) is 2. The summed E-state index contributed by atoms with van der Waals surface area (Å²) in [5.41, 5.74) is 1.04. The van der Waals surface area contributed by atoms with Crippen LogP contribution < -0.4 is 10.1 Å². The lowest BCUT2D eigenvalue weighted by molar-refractivity contribution is 0.415. The summed E-state index contributed by atoms with van der Waals surface area (Å²) in [7, 11) is 3.55. The van der Waals surface area contributed by atoms with Gasteiger partial charge in [-0.2, -0.15) is 0 Å². The first kappa shape index (κ1) is 11.0. The lowest BCUT2D eigenvalue weighted by Crippen LogP contribution is -2.04. The average molecular weight is 235 g/mol. The molecule has 0 aliphatic carbocycles. The van der Waals surface area contributed by atoms with Gasteiger partial charge in [-0.25, -0.2) is 0 Å². The highest BCUT2D eigenvalue weighted by Gasteiger charge is 2.06. The van der Waals surface area contributed by atoms with Gasteiger partial charge < -0.3 is 10.1 Å². The van der Waals surface area contributed by atoms with Gasteiger partial charge in [0.2, 0.25) is 0 Å². The van der Waals surface area contributed by atoms with Crippen molar-refractivity contribution in [2.24, 2.45) is 0 Å². The number of hydrogen-bond acceptors (Lipinski definition) is 5. The van der Waals surface area contributed by atoms with Gasteiger partial charge in [0.15, 0.2) is 0 Å². The summed E-state index contributed by atoms with van der Waals surface area (Å²) in [5.74, 6) is 0.836. The van der Waals surface area contributed by atoms with Crippen LogP contribution >= 0.6 is 11.3 Å². The van der Waals surface area contributed by atoms with E-state index < -0.39 is 0 Å². The molecule has 2 aromatic rings. The van der Waals surface area contributed by atoms with Crippen LogP contribution in [0.1, 0.15) is 5.01 Å². The SMILES string of the molecule is CNCc1nnc(-c2cccc(OC)c2)s1. The van der Waals surface area contributed by atoms with E-state index in [0.717, 1.165) is 27.9 Å². The molecule has 4 nitrogen and oxygen atoms in total. The van der Waals surface area contributed by atoms with Gasteiger partial charge in [0.1, 0.15) is 15.8 Å². The Hall–Kier alpha value is -1.46. The minimum atomic E-state index is 0.752. The summed E-state index contributed by atoms with van der Waals surface area (Å²) >= 11 is 1.59. The van der Waals surface area contributed by atoms with Crippen LogP contribution in [0, 0.1) is 0 Å². The van der Waals surface area contributed by atoms with Crippen molar-refractivity contribution >= 4 is 11.3 Å². The highest BCUT2D eigenvalue weighted by atomic mass is 32.1. The maximum atomic E-state index is 5.17. The van der Waals surface area contributed by atoms with E-state index in [1.165, 1.54) is 0 Å². The zero-order valence-electron chi connectivity index (χ0n) is 9.23. The van der Waals surface area contributed by atoms with Crippen LogP contribution in [0.5, 0.6) is 5.75 Å². The first-order chi connectivity index (χ1) is 7.83. The Bertz CT molecular complexity index is 470. The van der Waals surface area contributed by atoms with Gasteiger partial charge in [-0.3, -0.25) is 0 Å². The lowest BCUT2D eigenvalue weighted by atomic mass is 10.2. The molecule has 84 valence electrons. The fraction of sp³-hybridized carbons (Fsp3) is 0.273. The predicted molar refractivity (Wildman–Crippen MR) is 64.7 cm³/mol. The van der Waals surface area contributed by atoms with Gasteiger partial charge in [-0.15, -0.1) is 10.2 Å². The topological polar surface area (TPSA) is 47.0 Å². The molecule has 0 saturated carbocycles. The minimum absolute atomic E-state index is 0.752. The smallest absolute Gasteiger partial charge is 0.147 e. The monoisotopic (exact) mass is 235 g/mol. The Balaban J connectivity index is 2.27. The summed E-state index contributed by atoms with van der Waals surface area (Å²) in [5, 5.41) is 13.2. The van der Waals surface area contributed by atoms with Crippen LogP contribution in [0.25, 0.3) is 10.6 Å². The molecular weight excluding hydrogens is 222 g/mol.